The number of ether oxygens (including phenoxy) is 1. The molecule has 0 unspecified atom stereocenters. The molecule has 1 fully saturated rings. The van der Waals surface area contributed by atoms with Crippen molar-refractivity contribution in [2.24, 2.45) is 0 Å². The van der Waals surface area contributed by atoms with Crippen LogP contribution < -0.4 is 0 Å². The molecule has 148 valence electrons. The molecule has 1 atom stereocenters. The fraction of sp³-hybridized carbons (Fsp3) is 0.421. The highest BCUT2D eigenvalue weighted by Gasteiger charge is 2.33. The highest BCUT2D eigenvalue weighted by molar-refractivity contribution is 7.91. The van der Waals surface area contributed by atoms with Gasteiger partial charge in [-0.1, -0.05) is 19.9 Å². The summed E-state index contributed by atoms with van der Waals surface area (Å²) >= 11 is 1.51. The number of aromatic nitrogens is 3. The summed E-state index contributed by atoms with van der Waals surface area (Å²) in [6.45, 7) is 3.99. The summed E-state index contributed by atoms with van der Waals surface area (Å²) in [4.78, 5) is 18.3. The number of methoxy groups -OCH3 is 1. The van der Waals surface area contributed by atoms with E-state index in [1.165, 1.54) is 18.4 Å². The number of carbonyl (C=O) groups is 1. The second-order valence-corrected chi connectivity index (χ2v) is 10.4. The van der Waals surface area contributed by atoms with Gasteiger partial charge in [-0.05, 0) is 29.9 Å². The molecule has 4 heterocycles. The van der Waals surface area contributed by atoms with Gasteiger partial charge in [0.2, 0.25) is 0 Å². The highest BCUT2D eigenvalue weighted by atomic mass is 32.2. The Bertz CT molecular complexity index is 1150. The van der Waals surface area contributed by atoms with Crippen molar-refractivity contribution >= 4 is 38.2 Å². The molecule has 4 rings (SSSR count). The van der Waals surface area contributed by atoms with Gasteiger partial charge in [0.15, 0.2) is 15.5 Å². The fourth-order valence-corrected chi connectivity index (χ4v) is 5.94. The topological polar surface area (TPSA) is 91.2 Å². The van der Waals surface area contributed by atoms with E-state index in [2.05, 4.69) is 0 Å². The number of fused-ring (bicyclic) bond motifs is 1. The monoisotopic (exact) mass is 419 g/mol. The van der Waals surface area contributed by atoms with Crippen LogP contribution in [0.2, 0.25) is 0 Å². The molecule has 3 aromatic heterocycles. The van der Waals surface area contributed by atoms with Crippen molar-refractivity contribution in [3.05, 3.63) is 34.8 Å². The van der Waals surface area contributed by atoms with Gasteiger partial charge in [0.05, 0.1) is 40.5 Å². The minimum absolute atomic E-state index is 0.0365. The molecule has 0 bridgehead atoms. The Morgan fingerprint density at radius 1 is 1.39 bits per heavy atom. The third-order valence-electron chi connectivity index (χ3n) is 4.99. The number of nitrogens with zero attached hydrogens (tertiary/aromatic N) is 3. The Morgan fingerprint density at radius 3 is 2.75 bits per heavy atom. The Kier molecular flexibility index (Phi) is 4.75. The standard InChI is InChI=1S/C19H21N3O4S2/c1-11(2)14-9-13(19(23)26-3)16-17(15-5-4-7-27-15)21-22(18(16)20-14)12-6-8-28(24,25)10-12/h4-5,7,9,11-12H,6,8,10H2,1-3H3/t12-/m0/s1. The van der Waals surface area contributed by atoms with Crippen LogP contribution in [0.4, 0.5) is 0 Å². The Balaban J connectivity index is 2.05. The molecule has 1 saturated heterocycles. The molecule has 3 aromatic rings. The molecule has 0 aromatic carbocycles. The van der Waals surface area contributed by atoms with Crippen molar-refractivity contribution in [1.82, 2.24) is 14.8 Å². The van der Waals surface area contributed by atoms with Crippen LogP contribution in [0.25, 0.3) is 21.6 Å². The molecule has 28 heavy (non-hydrogen) atoms. The van der Waals surface area contributed by atoms with E-state index in [9.17, 15) is 13.2 Å². The normalized spacial score (nSPS) is 18.8. The number of hydrogen-bond acceptors (Lipinski definition) is 7. The van der Waals surface area contributed by atoms with Gasteiger partial charge in [0.25, 0.3) is 0 Å². The number of carbonyl (C=O) groups excluding carboxylic acids is 1. The lowest BCUT2D eigenvalue weighted by Gasteiger charge is -2.12. The van der Waals surface area contributed by atoms with E-state index in [0.29, 0.717) is 28.7 Å². The first-order valence-corrected chi connectivity index (χ1v) is 11.8. The first kappa shape index (κ1) is 19.1. The first-order valence-electron chi connectivity index (χ1n) is 9.06. The van der Waals surface area contributed by atoms with Crippen molar-refractivity contribution in [2.75, 3.05) is 18.6 Å². The maximum Gasteiger partial charge on any atom is 0.338 e. The molecule has 9 heteroatoms. The minimum atomic E-state index is -3.09. The Hall–Kier alpha value is -2.26. The molecule has 0 saturated carbocycles. The molecule has 0 radical (unpaired) electrons. The lowest BCUT2D eigenvalue weighted by atomic mass is 10.0. The van der Waals surface area contributed by atoms with E-state index in [1.54, 1.807) is 10.7 Å². The number of esters is 1. The number of hydrogen-bond donors (Lipinski definition) is 0. The third-order valence-corrected chi connectivity index (χ3v) is 7.61. The number of thiophene rings is 1. The predicted molar refractivity (Wildman–Crippen MR) is 109 cm³/mol. The molecular weight excluding hydrogens is 398 g/mol. The number of sulfone groups is 1. The SMILES string of the molecule is COC(=O)c1cc(C(C)C)nc2c1c(-c1cccs1)nn2[C@H]1CCS(=O)(=O)C1. The van der Waals surface area contributed by atoms with Gasteiger partial charge in [0.1, 0.15) is 5.69 Å². The zero-order valence-electron chi connectivity index (χ0n) is 15.9. The Labute approximate surface area is 167 Å². The van der Waals surface area contributed by atoms with Crippen LogP contribution in [-0.2, 0) is 14.6 Å². The highest BCUT2D eigenvalue weighted by Crippen LogP contribution is 2.37. The van der Waals surface area contributed by atoms with Crippen LogP contribution in [0, 0.1) is 0 Å². The van der Waals surface area contributed by atoms with E-state index in [1.807, 2.05) is 31.4 Å². The average molecular weight is 420 g/mol. The van der Waals surface area contributed by atoms with Crippen LogP contribution in [0.15, 0.2) is 23.6 Å². The summed E-state index contributed by atoms with van der Waals surface area (Å²) in [5, 5.41) is 7.30. The maximum atomic E-state index is 12.6. The van der Waals surface area contributed by atoms with Crippen LogP contribution in [-0.4, -0.2) is 47.8 Å². The minimum Gasteiger partial charge on any atom is -0.465 e. The maximum absolute atomic E-state index is 12.6. The van der Waals surface area contributed by atoms with Gasteiger partial charge in [-0.15, -0.1) is 11.3 Å². The van der Waals surface area contributed by atoms with Gasteiger partial charge >= 0.3 is 5.97 Å². The van der Waals surface area contributed by atoms with Gasteiger partial charge < -0.3 is 4.74 Å². The van der Waals surface area contributed by atoms with Crippen LogP contribution in [0.5, 0.6) is 0 Å². The molecule has 1 aliphatic heterocycles. The van der Waals surface area contributed by atoms with Crippen LogP contribution >= 0.6 is 11.3 Å². The van der Waals surface area contributed by atoms with E-state index in [0.717, 1.165) is 10.6 Å². The zero-order chi connectivity index (χ0) is 20.1. The summed E-state index contributed by atoms with van der Waals surface area (Å²) in [6, 6.07) is 5.31. The molecule has 0 aliphatic carbocycles. The van der Waals surface area contributed by atoms with Crippen LogP contribution in [0.3, 0.4) is 0 Å². The summed E-state index contributed by atoms with van der Waals surface area (Å²) in [7, 11) is -1.74. The largest absolute Gasteiger partial charge is 0.465 e. The predicted octanol–water partition coefficient (Wildman–Crippen LogP) is 3.43. The second kappa shape index (κ2) is 6.97. The quantitative estimate of drug-likeness (QED) is 0.602. The molecule has 7 nitrogen and oxygen atoms in total. The van der Waals surface area contributed by atoms with Crippen LogP contribution in [0.1, 0.15) is 48.3 Å². The summed E-state index contributed by atoms with van der Waals surface area (Å²) in [5.74, 6) is -0.185. The van der Waals surface area contributed by atoms with E-state index in [4.69, 9.17) is 14.8 Å². The van der Waals surface area contributed by atoms with Crippen molar-refractivity contribution in [3.8, 4) is 10.6 Å². The summed E-state index contributed by atoms with van der Waals surface area (Å²) < 4.78 is 30.8. The van der Waals surface area contributed by atoms with Crippen molar-refractivity contribution in [2.45, 2.75) is 32.2 Å². The van der Waals surface area contributed by atoms with Gasteiger partial charge in [-0.3, -0.25) is 0 Å². The average Bonchev–Trinajstić information content (AvgIpc) is 3.37. The lowest BCUT2D eigenvalue weighted by molar-refractivity contribution is 0.0602. The smallest absolute Gasteiger partial charge is 0.338 e. The third kappa shape index (κ3) is 3.22. The van der Waals surface area contributed by atoms with Crippen molar-refractivity contribution in [3.63, 3.8) is 0 Å². The Morgan fingerprint density at radius 2 is 2.18 bits per heavy atom. The van der Waals surface area contributed by atoms with Gasteiger partial charge in [0, 0.05) is 5.69 Å². The zero-order valence-corrected chi connectivity index (χ0v) is 17.5. The summed E-state index contributed by atoms with van der Waals surface area (Å²) in [6.07, 6.45) is 0.490. The fourth-order valence-electron chi connectivity index (χ4n) is 3.53. The molecule has 0 amide bonds. The molecule has 1 aliphatic rings. The second-order valence-electron chi connectivity index (χ2n) is 7.27. The van der Waals surface area contributed by atoms with Gasteiger partial charge in [-0.25, -0.2) is 22.9 Å². The number of rotatable bonds is 4. The molecule has 0 N–H and O–H groups in total. The number of pyridine rings is 1. The first-order chi connectivity index (χ1) is 13.3. The molecular formula is C19H21N3O4S2. The molecule has 0 spiro atoms. The van der Waals surface area contributed by atoms with Crippen molar-refractivity contribution in [1.29, 1.82) is 0 Å². The van der Waals surface area contributed by atoms with E-state index < -0.39 is 15.8 Å². The van der Waals surface area contributed by atoms with Crippen molar-refractivity contribution < 1.29 is 17.9 Å². The summed E-state index contributed by atoms with van der Waals surface area (Å²) in [5.41, 5.74) is 2.33. The van der Waals surface area contributed by atoms with Gasteiger partial charge in [-0.2, -0.15) is 5.10 Å². The lowest BCUT2D eigenvalue weighted by Crippen LogP contribution is -2.14. The van der Waals surface area contributed by atoms with E-state index >= 15 is 0 Å². The van der Waals surface area contributed by atoms with E-state index in [-0.39, 0.29) is 23.5 Å².